The Morgan fingerprint density at radius 2 is 2.13 bits per heavy atom. The number of aromatic nitrogens is 2. The lowest BCUT2D eigenvalue weighted by Crippen LogP contribution is -1.88. The minimum atomic E-state index is -0.594. The lowest BCUT2D eigenvalue weighted by Gasteiger charge is -1.98. The van der Waals surface area contributed by atoms with Crippen molar-refractivity contribution < 1.29 is 13.6 Å². The Morgan fingerprint density at radius 3 is 2.80 bits per heavy atom. The van der Waals surface area contributed by atoms with E-state index in [1.165, 1.54) is 6.20 Å². The van der Waals surface area contributed by atoms with Crippen molar-refractivity contribution in [2.45, 2.75) is 0 Å². The molecule has 1 N–H and O–H groups in total. The summed E-state index contributed by atoms with van der Waals surface area (Å²) in [4.78, 5) is 16.7. The van der Waals surface area contributed by atoms with E-state index in [0.717, 1.165) is 18.2 Å². The Hall–Kier alpha value is -2.04. The third-order valence-electron chi connectivity index (χ3n) is 1.91. The van der Waals surface area contributed by atoms with E-state index in [1.807, 2.05) is 0 Å². The summed E-state index contributed by atoms with van der Waals surface area (Å²) >= 11 is 0. The molecule has 0 amide bonds. The van der Waals surface area contributed by atoms with Crippen LogP contribution in [0.1, 0.15) is 10.5 Å². The van der Waals surface area contributed by atoms with Gasteiger partial charge in [-0.1, -0.05) is 0 Å². The molecule has 1 aromatic carbocycles. The first kappa shape index (κ1) is 9.51. The van der Waals surface area contributed by atoms with Crippen LogP contribution < -0.4 is 0 Å². The van der Waals surface area contributed by atoms with Crippen molar-refractivity contribution in [1.82, 2.24) is 9.97 Å². The molecule has 0 bridgehead atoms. The monoisotopic (exact) mass is 208 g/mol. The number of carbonyl (C=O) groups excluding carboxylic acids is 1. The van der Waals surface area contributed by atoms with Crippen LogP contribution in [0.25, 0.3) is 11.4 Å². The Bertz CT molecular complexity index is 508. The van der Waals surface area contributed by atoms with Gasteiger partial charge in [0.2, 0.25) is 0 Å². The highest BCUT2D eigenvalue weighted by Gasteiger charge is 2.09. The summed E-state index contributed by atoms with van der Waals surface area (Å²) in [6.07, 6.45) is 1.81. The quantitative estimate of drug-likeness (QED) is 0.768. The van der Waals surface area contributed by atoms with Crippen LogP contribution in [-0.2, 0) is 0 Å². The largest absolute Gasteiger partial charge is 0.336 e. The highest BCUT2D eigenvalue weighted by molar-refractivity contribution is 5.73. The second-order valence-electron chi connectivity index (χ2n) is 2.93. The number of hydrogen-bond acceptors (Lipinski definition) is 2. The number of imidazole rings is 1. The van der Waals surface area contributed by atoms with Crippen molar-refractivity contribution in [3.05, 3.63) is 41.7 Å². The number of rotatable bonds is 2. The van der Waals surface area contributed by atoms with Crippen LogP contribution in [0.5, 0.6) is 0 Å². The van der Waals surface area contributed by atoms with Gasteiger partial charge in [-0.15, -0.1) is 0 Å². The second-order valence-corrected chi connectivity index (χ2v) is 2.93. The minimum Gasteiger partial charge on any atom is -0.336 e. The number of aromatic amines is 1. The van der Waals surface area contributed by atoms with E-state index in [2.05, 4.69) is 9.97 Å². The Morgan fingerprint density at radius 1 is 1.33 bits per heavy atom. The highest BCUT2D eigenvalue weighted by atomic mass is 19.1. The number of aldehydes is 1. The summed E-state index contributed by atoms with van der Waals surface area (Å²) < 4.78 is 26.1. The summed E-state index contributed by atoms with van der Waals surface area (Å²) in [6, 6.07) is 3.04. The molecule has 1 heterocycles. The molecule has 5 heteroatoms. The number of halogens is 2. The number of nitrogens with one attached hydrogen (secondary N) is 1. The van der Waals surface area contributed by atoms with E-state index in [0.29, 0.717) is 6.29 Å². The molecule has 76 valence electrons. The fourth-order valence-corrected chi connectivity index (χ4v) is 1.21. The zero-order valence-electron chi connectivity index (χ0n) is 7.50. The van der Waals surface area contributed by atoms with Crippen molar-refractivity contribution in [2.24, 2.45) is 0 Å². The molecule has 0 radical (unpaired) electrons. The molecule has 2 aromatic rings. The number of benzene rings is 1. The van der Waals surface area contributed by atoms with Crippen LogP contribution in [0.15, 0.2) is 24.4 Å². The van der Waals surface area contributed by atoms with Crippen LogP contribution >= 0.6 is 0 Å². The average molecular weight is 208 g/mol. The van der Waals surface area contributed by atoms with E-state index in [-0.39, 0.29) is 17.1 Å². The Labute approximate surface area is 83.8 Å². The first-order valence-electron chi connectivity index (χ1n) is 4.16. The maximum atomic E-state index is 13.3. The highest BCUT2D eigenvalue weighted by Crippen LogP contribution is 2.20. The van der Waals surface area contributed by atoms with E-state index >= 15 is 0 Å². The third kappa shape index (κ3) is 1.76. The van der Waals surface area contributed by atoms with Gasteiger partial charge in [-0.05, 0) is 18.2 Å². The molecule has 0 aliphatic rings. The van der Waals surface area contributed by atoms with Crippen LogP contribution in [0.2, 0.25) is 0 Å². The molecule has 0 saturated carbocycles. The fourth-order valence-electron chi connectivity index (χ4n) is 1.21. The predicted octanol–water partition coefficient (Wildman–Crippen LogP) is 2.17. The van der Waals surface area contributed by atoms with Gasteiger partial charge in [0, 0.05) is 0 Å². The molecule has 3 nitrogen and oxygen atoms in total. The molecule has 0 aliphatic carbocycles. The first-order valence-corrected chi connectivity index (χ1v) is 4.16. The number of hydrogen-bond donors (Lipinski definition) is 1. The van der Waals surface area contributed by atoms with E-state index in [9.17, 15) is 13.6 Å². The lowest BCUT2D eigenvalue weighted by atomic mass is 10.2. The summed E-state index contributed by atoms with van der Waals surface area (Å²) in [6.45, 7) is 0. The number of carbonyl (C=O) groups is 1. The lowest BCUT2D eigenvalue weighted by molar-refractivity contribution is 0.111. The topological polar surface area (TPSA) is 45.8 Å². The normalized spacial score (nSPS) is 10.3. The van der Waals surface area contributed by atoms with Crippen molar-refractivity contribution >= 4 is 6.29 Å². The van der Waals surface area contributed by atoms with Crippen molar-refractivity contribution in [2.75, 3.05) is 0 Å². The van der Waals surface area contributed by atoms with Gasteiger partial charge in [0.1, 0.15) is 17.5 Å². The van der Waals surface area contributed by atoms with Gasteiger partial charge in [0.15, 0.2) is 6.29 Å². The SMILES string of the molecule is O=Cc1cnc(-c2cc(F)ccc2F)[nH]1. The van der Waals surface area contributed by atoms with Gasteiger partial charge in [-0.2, -0.15) is 0 Å². The zero-order chi connectivity index (χ0) is 10.8. The molecular weight excluding hydrogens is 202 g/mol. The van der Waals surface area contributed by atoms with Crippen molar-refractivity contribution in [3.63, 3.8) is 0 Å². The molecule has 0 saturated heterocycles. The number of H-pyrrole nitrogens is 1. The van der Waals surface area contributed by atoms with E-state index in [1.54, 1.807) is 0 Å². The molecule has 1 aromatic heterocycles. The molecular formula is C10H6F2N2O. The molecule has 0 unspecified atom stereocenters. The molecule has 0 atom stereocenters. The summed E-state index contributed by atoms with van der Waals surface area (Å²) in [5, 5.41) is 0. The van der Waals surface area contributed by atoms with Crippen LogP contribution in [0, 0.1) is 11.6 Å². The maximum absolute atomic E-state index is 13.3. The molecule has 0 fully saturated rings. The summed E-state index contributed by atoms with van der Waals surface area (Å²) in [7, 11) is 0. The summed E-state index contributed by atoms with van der Waals surface area (Å²) in [5.74, 6) is -1.02. The molecule has 15 heavy (non-hydrogen) atoms. The standard InChI is InChI=1S/C10H6F2N2O/c11-6-1-2-9(12)8(3-6)10-13-4-7(5-15)14-10/h1-5H,(H,13,14). The predicted molar refractivity (Wildman–Crippen MR) is 49.3 cm³/mol. The van der Waals surface area contributed by atoms with Gasteiger partial charge in [0.05, 0.1) is 17.5 Å². The van der Waals surface area contributed by atoms with Gasteiger partial charge in [0.25, 0.3) is 0 Å². The van der Waals surface area contributed by atoms with Crippen molar-refractivity contribution in [1.29, 1.82) is 0 Å². The first-order chi connectivity index (χ1) is 7.20. The summed E-state index contributed by atoms with van der Waals surface area (Å²) in [5.41, 5.74) is 0.219. The molecule has 0 aliphatic heterocycles. The van der Waals surface area contributed by atoms with Gasteiger partial charge >= 0.3 is 0 Å². The van der Waals surface area contributed by atoms with E-state index in [4.69, 9.17) is 0 Å². The van der Waals surface area contributed by atoms with E-state index < -0.39 is 11.6 Å². The Kier molecular flexibility index (Phi) is 2.29. The van der Waals surface area contributed by atoms with Crippen LogP contribution in [0.4, 0.5) is 8.78 Å². The molecule has 0 spiro atoms. The maximum Gasteiger partial charge on any atom is 0.167 e. The third-order valence-corrected chi connectivity index (χ3v) is 1.91. The second kappa shape index (κ2) is 3.61. The fraction of sp³-hybridized carbons (Fsp3) is 0. The molecule has 2 rings (SSSR count). The zero-order valence-corrected chi connectivity index (χ0v) is 7.50. The number of nitrogens with zero attached hydrogens (tertiary/aromatic N) is 1. The Balaban J connectivity index is 2.52. The van der Waals surface area contributed by atoms with Crippen LogP contribution in [0.3, 0.4) is 0 Å². The van der Waals surface area contributed by atoms with Crippen LogP contribution in [-0.4, -0.2) is 16.3 Å². The smallest absolute Gasteiger partial charge is 0.167 e. The van der Waals surface area contributed by atoms with Gasteiger partial charge in [-0.3, -0.25) is 4.79 Å². The van der Waals surface area contributed by atoms with Crippen molar-refractivity contribution in [3.8, 4) is 11.4 Å². The van der Waals surface area contributed by atoms with Gasteiger partial charge < -0.3 is 4.98 Å². The van der Waals surface area contributed by atoms with Gasteiger partial charge in [-0.25, -0.2) is 13.8 Å². The minimum absolute atomic E-state index is 0.00287. The average Bonchev–Trinajstić information content (AvgIpc) is 2.70.